The molecule has 2 unspecified atom stereocenters. The summed E-state index contributed by atoms with van der Waals surface area (Å²) >= 11 is 0. The largest absolute Gasteiger partial charge is 0.497 e. The van der Waals surface area contributed by atoms with Gasteiger partial charge in [0.1, 0.15) is 5.75 Å². The minimum Gasteiger partial charge on any atom is -0.497 e. The van der Waals surface area contributed by atoms with Gasteiger partial charge in [-0.25, -0.2) is 4.79 Å². The predicted octanol–water partition coefficient (Wildman–Crippen LogP) is 3.54. The van der Waals surface area contributed by atoms with E-state index in [9.17, 15) is 9.59 Å². The molecule has 7 heteroatoms. The Balaban J connectivity index is 1.46. The van der Waals surface area contributed by atoms with Crippen molar-refractivity contribution in [2.24, 2.45) is 5.92 Å². The Kier molecular flexibility index (Phi) is 7.17. The third-order valence-electron chi connectivity index (χ3n) is 5.31. The molecule has 1 fully saturated rings. The molecule has 7 nitrogen and oxygen atoms in total. The second-order valence-electron chi connectivity index (χ2n) is 7.68. The lowest BCUT2D eigenvalue weighted by Crippen LogP contribution is -2.40. The monoisotopic (exact) mass is 410 g/mol. The lowest BCUT2D eigenvalue weighted by molar-refractivity contribution is -0.114. The van der Waals surface area contributed by atoms with Gasteiger partial charge in [0.2, 0.25) is 5.91 Å². The highest BCUT2D eigenvalue weighted by molar-refractivity contribution is 5.88. The Morgan fingerprint density at radius 3 is 2.77 bits per heavy atom. The average Bonchev–Trinajstić information content (AvgIpc) is 3.21. The highest BCUT2D eigenvalue weighted by atomic mass is 16.5. The van der Waals surface area contributed by atoms with Gasteiger partial charge >= 0.3 is 6.03 Å². The molecule has 0 aliphatic carbocycles. The number of ether oxygens (including phenoxy) is 1. The molecule has 1 saturated heterocycles. The first-order chi connectivity index (χ1) is 14.4. The molecule has 3 amide bonds. The normalized spacial score (nSPS) is 16.6. The number of rotatable bonds is 7. The zero-order chi connectivity index (χ0) is 21.5. The fraction of sp³-hybridized carbons (Fsp3) is 0.391. The van der Waals surface area contributed by atoms with Gasteiger partial charge in [0.25, 0.3) is 0 Å². The van der Waals surface area contributed by atoms with Crippen LogP contribution in [0.4, 0.5) is 16.2 Å². The molecule has 0 saturated carbocycles. The molecule has 2 aromatic rings. The molecule has 160 valence electrons. The van der Waals surface area contributed by atoms with Gasteiger partial charge in [0.15, 0.2) is 0 Å². The van der Waals surface area contributed by atoms with Crippen LogP contribution in [-0.4, -0.2) is 38.7 Å². The second-order valence-corrected chi connectivity index (χ2v) is 7.68. The summed E-state index contributed by atoms with van der Waals surface area (Å²) in [5.41, 5.74) is 2.80. The highest BCUT2D eigenvalue weighted by Crippen LogP contribution is 2.26. The maximum absolute atomic E-state index is 12.4. The molecular formula is C23H30N4O3. The number of methoxy groups -OCH3 is 1. The van der Waals surface area contributed by atoms with Gasteiger partial charge in [0, 0.05) is 44.0 Å². The number of urea groups is 1. The van der Waals surface area contributed by atoms with Gasteiger partial charge in [-0.3, -0.25) is 4.79 Å². The first kappa shape index (κ1) is 21.5. The standard InChI is InChI=1S/C23H30N4O3/c1-16(19-6-4-7-20(12-19)26-17(2)28)25-23(29)24-14-18-10-11-27(15-18)21-8-5-9-22(13-21)30-3/h4-9,12-13,16,18H,10-11,14-15H2,1-3H3,(H,26,28)(H2,24,25,29). The maximum atomic E-state index is 12.4. The van der Waals surface area contributed by atoms with Crippen LogP contribution in [0.25, 0.3) is 0 Å². The summed E-state index contributed by atoms with van der Waals surface area (Å²) in [7, 11) is 1.67. The van der Waals surface area contributed by atoms with Crippen molar-refractivity contribution in [1.29, 1.82) is 0 Å². The molecule has 1 aliphatic rings. The summed E-state index contributed by atoms with van der Waals surface area (Å²) in [4.78, 5) is 25.9. The number of anilines is 2. The van der Waals surface area contributed by atoms with Crippen molar-refractivity contribution in [2.45, 2.75) is 26.3 Å². The smallest absolute Gasteiger partial charge is 0.315 e. The summed E-state index contributed by atoms with van der Waals surface area (Å²) in [6.07, 6.45) is 1.03. The van der Waals surface area contributed by atoms with E-state index >= 15 is 0 Å². The lowest BCUT2D eigenvalue weighted by Gasteiger charge is -2.20. The molecule has 0 radical (unpaired) electrons. The zero-order valence-electron chi connectivity index (χ0n) is 17.8. The van der Waals surface area contributed by atoms with Crippen LogP contribution in [0.15, 0.2) is 48.5 Å². The van der Waals surface area contributed by atoms with Crippen molar-refractivity contribution in [3.05, 3.63) is 54.1 Å². The minimum absolute atomic E-state index is 0.120. The first-order valence-electron chi connectivity index (χ1n) is 10.3. The van der Waals surface area contributed by atoms with Crippen LogP contribution in [0.3, 0.4) is 0 Å². The van der Waals surface area contributed by atoms with E-state index in [2.05, 4.69) is 26.9 Å². The Hall–Kier alpha value is -3.22. The van der Waals surface area contributed by atoms with Gasteiger partial charge in [0.05, 0.1) is 13.2 Å². The molecule has 2 atom stereocenters. The Bertz CT molecular complexity index is 886. The summed E-state index contributed by atoms with van der Waals surface area (Å²) in [5, 5.41) is 8.72. The van der Waals surface area contributed by atoms with Crippen LogP contribution >= 0.6 is 0 Å². The average molecular weight is 411 g/mol. The number of carbonyl (C=O) groups is 2. The van der Waals surface area contributed by atoms with Gasteiger partial charge in [-0.2, -0.15) is 0 Å². The van der Waals surface area contributed by atoms with Gasteiger partial charge in [-0.05, 0) is 49.1 Å². The van der Waals surface area contributed by atoms with Crippen molar-refractivity contribution in [3.63, 3.8) is 0 Å². The zero-order valence-corrected chi connectivity index (χ0v) is 17.8. The van der Waals surface area contributed by atoms with E-state index in [1.807, 2.05) is 49.4 Å². The number of nitrogens with one attached hydrogen (secondary N) is 3. The van der Waals surface area contributed by atoms with Crippen molar-refractivity contribution in [1.82, 2.24) is 10.6 Å². The Morgan fingerprint density at radius 2 is 2.00 bits per heavy atom. The van der Waals surface area contributed by atoms with E-state index < -0.39 is 0 Å². The van der Waals surface area contributed by atoms with Crippen molar-refractivity contribution in [2.75, 3.05) is 37.0 Å². The summed E-state index contributed by atoms with van der Waals surface area (Å²) in [6.45, 7) is 5.90. The molecule has 0 bridgehead atoms. The van der Waals surface area contributed by atoms with Crippen molar-refractivity contribution in [3.8, 4) is 5.75 Å². The number of amides is 3. The molecule has 0 aromatic heterocycles. The van der Waals surface area contributed by atoms with E-state index in [0.717, 1.165) is 42.2 Å². The molecular weight excluding hydrogens is 380 g/mol. The van der Waals surface area contributed by atoms with Crippen LogP contribution in [0.2, 0.25) is 0 Å². The van der Waals surface area contributed by atoms with E-state index in [1.54, 1.807) is 7.11 Å². The van der Waals surface area contributed by atoms with Crippen LogP contribution in [0.5, 0.6) is 5.75 Å². The number of carbonyl (C=O) groups excluding carboxylic acids is 2. The molecule has 3 N–H and O–H groups in total. The number of hydrogen-bond donors (Lipinski definition) is 3. The van der Waals surface area contributed by atoms with E-state index in [0.29, 0.717) is 12.5 Å². The fourth-order valence-electron chi connectivity index (χ4n) is 3.70. The van der Waals surface area contributed by atoms with E-state index in [4.69, 9.17) is 4.74 Å². The molecule has 2 aromatic carbocycles. The van der Waals surface area contributed by atoms with E-state index in [1.165, 1.54) is 6.92 Å². The third-order valence-corrected chi connectivity index (χ3v) is 5.31. The Morgan fingerprint density at radius 1 is 1.20 bits per heavy atom. The molecule has 30 heavy (non-hydrogen) atoms. The number of hydrogen-bond acceptors (Lipinski definition) is 4. The first-order valence-corrected chi connectivity index (χ1v) is 10.3. The fourth-order valence-corrected chi connectivity index (χ4v) is 3.70. The third kappa shape index (κ3) is 5.89. The van der Waals surface area contributed by atoms with Gasteiger partial charge in [-0.1, -0.05) is 18.2 Å². The quantitative estimate of drug-likeness (QED) is 0.652. The Labute approximate surface area is 177 Å². The van der Waals surface area contributed by atoms with Crippen LogP contribution < -0.4 is 25.6 Å². The SMILES string of the molecule is COc1cccc(N2CCC(CNC(=O)NC(C)c3cccc(NC(C)=O)c3)C2)c1. The van der Waals surface area contributed by atoms with Crippen LogP contribution in [0.1, 0.15) is 31.9 Å². The molecule has 1 heterocycles. The van der Waals surface area contributed by atoms with Crippen LogP contribution in [-0.2, 0) is 4.79 Å². The summed E-state index contributed by atoms with van der Waals surface area (Å²) in [5.74, 6) is 1.13. The van der Waals surface area contributed by atoms with Crippen molar-refractivity contribution < 1.29 is 14.3 Å². The van der Waals surface area contributed by atoms with Gasteiger partial charge < -0.3 is 25.6 Å². The van der Waals surface area contributed by atoms with E-state index in [-0.39, 0.29) is 18.0 Å². The summed E-state index contributed by atoms with van der Waals surface area (Å²) in [6, 6.07) is 15.2. The molecule has 0 spiro atoms. The number of nitrogens with zero attached hydrogens (tertiary/aromatic N) is 1. The van der Waals surface area contributed by atoms with Crippen molar-refractivity contribution >= 4 is 23.3 Å². The van der Waals surface area contributed by atoms with Gasteiger partial charge in [-0.15, -0.1) is 0 Å². The minimum atomic E-state index is -0.188. The maximum Gasteiger partial charge on any atom is 0.315 e. The van der Waals surface area contributed by atoms with Crippen LogP contribution in [0, 0.1) is 5.92 Å². The summed E-state index contributed by atoms with van der Waals surface area (Å²) < 4.78 is 5.31. The second kappa shape index (κ2) is 10.0. The topological polar surface area (TPSA) is 82.7 Å². The predicted molar refractivity (Wildman–Crippen MR) is 119 cm³/mol. The highest BCUT2D eigenvalue weighted by Gasteiger charge is 2.23. The lowest BCUT2D eigenvalue weighted by atomic mass is 10.1. The molecule has 1 aliphatic heterocycles. The molecule has 3 rings (SSSR count). The number of benzene rings is 2.